The van der Waals surface area contributed by atoms with Crippen molar-refractivity contribution in [3.63, 3.8) is 0 Å². The van der Waals surface area contributed by atoms with Gasteiger partial charge in [0.05, 0.1) is 32.2 Å². The molecule has 0 amide bonds. The average molecular weight is 409 g/mol. The number of fused-ring (bicyclic) bond motifs is 1. The summed E-state index contributed by atoms with van der Waals surface area (Å²) in [6.07, 6.45) is 6.01. The number of ketones is 1. The van der Waals surface area contributed by atoms with Gasteiger partial charge in [-0.3, -0.25) is 14.6 Å². The predicted molar refractivity (Wildman–Crippen MR) is 118 cm³/mol. The van der Waals surface area contributed by atoms with Crippen LogP contribution in [0, 0.1) is 17.2 Å². The van der Waals surface area contributed by atoms with E-state index in [0.29, 0.717) is 19.5 Å². The summed E-state index contributed by atoms with van der Waals surface area (Å²) >= 11 is 0. The van der Waals surface area contributed by atoms with Crippen LogP contribution in [0.25, 0.3) is 10.9 Å². The van der Waals surface area contributed by atoms with Gasteiger partial charge in [-0.15, -0.1) is 0 Å². The normalized spacial score (nSPS) is 19.2. The molecule has 2 aliphatic rings. The van der Waals surface area contributed by atoms with Gasteiger partial charge in [-0.2, -0.15) is 5.26 Å². The molecule has 30 heavy (non-hydrogen) atoms. The third-order valence-electron chi connectivity index (χ3n) is 6.59. The lowest BCUT2D eigenvalue weighted by molar-refractivity contribution is 0.0335. The maximum absolute atomic E-state index is 13.1. The highest BCUT2D eigenvalue weighted by Gasteiger charge is 2.23. The van der Waals surface area contributed by atoms with Crippen molar-refractivity contribution in [2.24, 2.45) is 5.92 Å². The lowest BCUT2D eigenvalue weighted by Crippen LogP contribution is -2.40. The van der Waals surface area contributed by atoms with Crippen LogP contribution in [0.4, 0.5) is 0 Å². The molecule has 0 spiro atoms. The first-order valence-electron chi connectivity index (χ1n) is 11.2. The largest absolute Gasteiger partial charge is 0.379 e. The van der Waals surface area contributed by atoms with Gasteiger partial charge in [-0.1, -0.05) is 18.2 Å². The molecule has 1 aromatic carbocycles. The van der Waals surface area contributed by atoms with Gasteiger partial charge in [-0.05, 0) is 50.9 Å². The minimum absolute atomic E-state index is 0.189. The molecule has 0 radical (unpaired) electrons. The highest BCUT2D eigenvalue weighted by molar-refractivity contribution is 6.09. The van der Waals surface area contributed by atoms with E-state index in [0.717, 1.165) is 61.8 Å². The fraction of sp³-hybridized carbons (Fsp3) is 0.583. The highest BCUT2D eigenvalue weighted by Crippen LogP contribution is 2.24. The Morgan fingerprint density at radius 3 is 2.60 bits per heavy atom. The van der Waals surface area contributed by atoms with Crippen LogP contribution in [-0.4, -0.2) is 72.6 Å². The SMILES string of the molecule is N#CCCn1cc(C(=O)CN2CCC(CCN3CCOCC3)CC2)c2ccccc21. The molecule has 6 heteroatoms. The zero-order valence-corrected chi connectivity index (χ0v) is 17.8. The second-order valence-electron chi connectivity index (χ2n) is 8.55. The topological polar surface area (TPSA) is 61.5 Å². The maximum Gasteiger partial charge on any atom is 0.178 e. The van der Waals surface area contributed by atoms with Crippen molar-refractivity contribution < 1.29 is 9.53 Å². The minimum atomic E-state index is 0.189. The van der Waals surface area contributed by atoms with Crippen LogP contribution in [0.1, 0.15) is 36.0 Å². The molecule has 0 atom stereocenters. The Bertz CT molecular complexity index is 886. The van der Waals surface area contributed by atoms with E-state index in [1.807, 2.05) is 35.0 Å². The monoisotopic (exact) mass is 408 g/mol. The Balaban J connectivity index is 1.30. The molecule has 160 valence electrons. The van der Waals surface area contributed by atoms with E-state index in [-0.39, 0.29) is 5.78 Å². The van der Waals surface area contributed by atoms with Crippen LogP contribution in [-0.2, 0) is 11.3 Å². The van der Waals surface area contributed by atoms with Crippen molar-refractivity contribution in [1.29, 1.82) is 5.26 Å². The lowest BCUT2D eigenvalue weighted by Gasteiger charge is -2.33. The zero-order chi connectivity index (χ0) is 20.8. The van der Waals surface area contributed by atoms with Crippen molar-refractivity contribution >= 4 is 16.7 Å². The number of hydrogen-bond donors (Lipinski definition) is 0. The minimum Gasteiger partial charge on any atom is -0.379 e. The van der Waals surface area contributed by atoms with E-state index in [9.17, 15) is 4.79 Å². The van der Waals surface area contributed by atoms with Crippen LogP contribution < -0.4 is 0 Å². The number of carbonyl (C=O) groups excluding carboxylic acids is 1. The van der Waals surface area contributed by atoms with Crippen LogP contribution in [0.2, 0.25) is 0 Å². The molecule has 2 fully saturated rings. The molecule has 0 saturated carbocycles. The number of piperidine rings is 1. The maximum atomic E-state index is 13.1. The number of carbonyl (C=O) groups is 1. The summed E-state index contributed by atoms with van der Waals surface area (Å²) in [5.74, 6) is 0.959. The molecular formula is C24H32N4O2. The second kappa shape index (κ2) is 10.2. The molecule has 0 N–H and O–H groups in total. The number of nitriles is 1. The summed E-state index contributed by atoms with van der Waals surface area (Å²) in [7, 11) is 0. The van der Waals surface area contributed by atoms with Gasteiger partial charge >= 0.3 is 0 Å². The smallest absolute Gasteiger partial charge is 0.178 e. The van der Waals surface area contributed by atoms with Gasteiger partial charge in [0.1, 0.15) is 0 Å². The summed E-state index contributed by atoms with van der Waals surface area (Å²) < 4.78 is 7.48. The number of rotatable bonds is 8. The Morgan fingerprint density at radius 1 is 1.07 bits per heavy atom. The number of Topliss-reactive ketones (excluding diaryl/α,β-unsaturated/α-hetero) is 1. The first kappa shape index (κ1) is 21.0. The summed E-state index contributed by atoms with van der Waals surface area (Å²) in [5.41, 5.74) is 1.83. The predicted octanol–water partition coefficient (Wildman–Crippen LogP) is 3.17. The Kier molecular flexibility index (Phi) is 7.16. The van der Waals surface area contributed by atoms with E-state index in [2.05, 4.69) is 15.9 Å². The first-order chi connectivity index (χ1) is 14.7. The second-order valence-corrected chi connectivity index (χ2v) is 8.55. The van der Waals surface area contributed by atoms with E-state index >= 15 is 0 Å². The summed E-state index contributed by atoms with van der Waals surface area (Å²) in [4.78, 5) is 17.9. The standard InChI is InChI=1S/C24H32N4O2/c25-9-3-10-28-18-22(21-4-1-2-5-23(21)28)24(29)19-27-12-7-20(8-13-27)6-11-26-14-16-30-17-15-26/h1-2,4-5,18,20H,3,6-8,10-17,19H2. The third-order valence-corrected chi connectivity index (χ3v) is 6.59. The zero-order valence-electron chi connectivity index (χ0n) is 17.8. The Hall–Kier alpha value is -2.20. The first-order valence-corrected chi connectivity index (χ1v) is 11.2. The number of ether oxygens (including phenoxy) is 1. The number of likely N-dealkylation sites (tertiary alicyclic amines) is 1. The highest BCUT2D eigenvalue weighted by atomic mass is 16.5. The van der Waals surface area contributed by atoms with Crippen molar-refractivity contribution in [3.8, 4) is 6.07 Å². The summed E-state index contributed by atoms with van der Waals surface area (Å²) in [6, 6.07) is 10.2. The number of hydrogen-bond acceptors (Lipinski definition) is 5. The summed E-state index contributed by atoms with van der Waals surface area (Å²) in [6.45, 7) is 8.17. The van der Waals surface area contributed by atoms with E-state index in [4.69, 9.17) is 10.00 Å². The van der Waals surface area contributed by atoms with Crippen LogP contribution >= 0.6 is 0 Å². The number of benzene rings is 1. The molecule has 0 bridgehead atoms. The molecule has 4 rings (SSSR count). The Labute approximate surface area is 179 Å². The van der Waals surface area contributed by atoms with Gasteiger partial charge in [-0.25, -0.2) is 0 Å². The van der Waals surface area contributed by atoms with Gasteiger partial charge in [0, 0.05) is 42.3 Å². The van der Waals surface area contributed by atoms with Crippen molar-refractivity contribution in [3.05, 3.63) is 36.0 Å². The lowest BCUT2D eigenvalue weighted by atomic mass is 9.93. The Morgan fingerprint density at radius 2 is 1.83 bits per heavy atom. The van der Waals surface area contributed by atoms with Gasteiger partial charge in [0.2, 0.25) is 0 Å². The fourth-order valence-electron chi connectivity index (χ4n) is 4.74. The van der Waals surface area contributed by atoms with Crippen molar-refractivity contribution in [2.45, 2.75) is 32.2 Å². The van der Waals surface area contributed by atoms with Gasteiger partial charge < -0.3 is 9.30 Å². The number of morpholine rings is 1. The average Bonchev–Trinajstić information content (AvgIpc) is 3.17. The van der Waals surface area contributed by atoms with Crippen molar-refractivity contribution in [1.82, 2.24) is 14.4 Å². The molecule has 2 aromatic rings. The third kappa shape index (κ3) is 5.10. The van der Waals surface area contributed by atoms with Crippen LogP contribution in [0.5, 0.6) is 0 Å². The molecule has 0 aliphatic carbocycles. The number of aryl methyl sites for hydroxylation is 1. The van der Waals surface area contributed by atoms with Crippen molar-refractivity contribution in [2.75, 3.05) is 52.5 Å². The molecular weight excluding hydrogens is 376 g/mol. The molecule has 2 aliphatic heterocycles. The number of aromatic nitrogens is 1. The molecule has 3 heterocycles. The van der Waals surface area contributed by atoms with E-state index in [1.165, 1.54) is 25.8 Å². The fourth-order valence-corrected chi connectivity index (χ4v) is 4.74. The molecule has 2 saturated heterocycles. The number of para-hydroxylation sites is 1. The number of nitrogens with zero attached hydrogens (tertiary/aromatic N) is 4. The van der Waals surface area contributed by atoms with E-state index < -0.39 is 0 Å². The molecule has 6 nitrogen and oxygen atoms in total. The van der Waals surface area contributed by atoms with Crippen LogP contribution in [0.15, 0.2) is 30.5 Å². The van der Waals surface area contributed by atoms with Gasteiger partial charge in [0.25, 0.3) is 0 Å². The van der Waals surface area contributed by atoms with Gasteiger partial charge in [0.15, 0.2) is 5.78 Å². The van der Waals surface area contributed by atoms with E-state index in [1.54, 1.807) is 0 Å². The summed E-state index contributed by atoms with van der Waals surface area (Å²) in [5, 5.41) is 9.92. The molecule has 0 unspecified atom stereocenters. The quantitative estimate of drug-likeness (QED) is 0.628. The molecule has 1 aromatic heterocycles. The van der Waals surface area contributed by atoms with Crippen LogP contribution in [0.3, 0.4) is 0 Å².